The third kappa shape index (κ3) is 3.36. The molecule has 4 heterocycles. The van der Waals surface area contributed by atoms with Gasteiger partial charge in [0.15, 0.2) is 0 Å². The zero-order valence-electron chi connectivity index (χ0n) is 14.9. The van der Waals surface area contributed by atoms with E-state index in [-0.39, 0.29) is 0 Å². The third-order valence-electron chi connectivity index (χ3n) is 4.73. The highest BCUT2D eigenvalue weighted by atomic mass is 15.3. The Hall–Kier alpha value is -2.44. The zero-order valence-corrected chi connectivity index (χ0v) is 14.9. The first kappa shape index (κ1) is 16.1. The van der Waals surface area contributed by atoms with E-state index in [4.69, 9.17) is 15.7 Å². The Bertz CT molecular complexity index is 768. The number of nitrogens with two attached hydrogens (primary N) is 1. The van der Waals surface area contributed by atoms with Crippen LogP contribution in [0.5, 0.6) is 0 Å². The predicted molar refractivity (Wildman–Crippen MR) is 98.4 cm³/mol. The number of hydrogen-bond acceptors (Lipinski definition) is 7. The van der Waals surface area contributed by atoms with E-state index in [1.165, 1.54) is 18.4 Å². The Morgan fingerprint density at radius 2 is 1.88 bits per heavy atom. The van der Waals surface area contributed by atoms with Crippen LogP contribution in [-0.4, -0.2) is 33.0 Å². The Labute approximate surface area is 148 Å². The molecule has 0 spiro atoms. The van der Waals surface area contributed by atoms with Crippen LogP contribution in [-0.2, 0) is 19.5 Å². The number of nitrogens with zero attached hydrogens (tertiary/aromatic N) is 6. The number of nitrogen functional groups attached to an aromatic ring is 1. The van der Waals surface area contributed by atoms with Gasteiger partial charge in [0.25, 0.3) is 0 Å². The van der Waals surface area contributed by atoms with Gasteiger partial charge in [-0.25, -0.2) is 9.97 Å². The molecule has 7 nitrogen and oxygen atoms in total. The minimum atomic E-state index is 0.523. The van der Waals surface area contributed by atoms with Crippen LogP contribution in [0.15, 0.2) is 12.3 Å². The largest absolute Gasteiger partial charge is 0.383 e. The number of anilines is 3. The van der Waals surface area contributed by atoms with Gasteiger partial charge in [-0.3, -0.25) is 0 Å². The lowest BCUT2D eigenvalue weighted by Gasteiger charge is -2.20. The molecule has 1 fully saturated rings. The first-order valence-corrected chi connectivity index (χ1v) is 9.06. The second-order valence-electron chi connectivity index (χ2n) is 7.36. The van der Waals surface area contributed by atoms with Crippen molar-refractivity contribution in [3.05, 3.63) is 29.3 Å². The van der Waals surface area contributed by atoms with Crippen molar-refractivity contribution in [2.45, 2.75) is 46.2 Å². The molecule has 2 aliphatic rings. The van der Waals surface area contributed by atoms with E-state index < -0.39 is 0 Å². The summed E-state index contributed by atoms with van der Waals surface area (Å²) in [4.78, 5) is 22.9. The summed E-state index contributed by atoms with van der Waals surface area (Å²) in [7, 11) is 0. The number of rotatable bonds is 4. The summed E-state index contributed by atoms with van der Waals surface area (Å²) in [6, 6.07) is 1.86. The van der Waals surface area contributed by atoms with Crippen LogP contribution in [0, 0.1) is 5.92 Å². The Morgan fingerprint density at radius 1 is 1.08 bits per heavy atom. The Kier molecular flexibility index (Phi) is 4.15. The van der Waals surface area contributed by atoms with E-state index in [0.717, 1.165) is 55.9 Å². The van der Waals surface area contributed by atoms with Gasteiger partial charge in [0.1, 0.15) is 17.5 Å². The number of aromatic nitrogens is 4. The van der Waals surface area contributed by atoms with Crippen LogP contribution in [0.4, 0.5) is 17.6 Å². The fourth-order valence-corrected chi connectivity index (χ4v) is 3.48. The van der Waals surface area contributed by atoms with E-state index in [1.54, 1.807) is 0 Å². The maximum Gasteiger partial charge on any atom is 0.229 e. The summed E-state index contributed by atoms with van der Waals surface area (Å²) < 4.78 is 0. The van der Waals surface area contributed by atoms with Crippen molar-refractivity contribution in [1.29, 1.82) is 0 Å². The van der Waals surface area contributed by atoms with Crippen molar-refractivity contribution in [2.75, 3.05) is 28.6 Å². The maximum absolute atomic E-state index is 6.05. The highest BCUT2D eigenvalue weighted by Gasteiger charge is 2.24. The molecule has 2 aromatic heterocycles. The molecular formula is C18H25N7. The topological polar surface area (TPSA) is 84.1 Å². The monoisotopic (exact) mass is 339 g/mol. The van der Waals surface area contributed by atoms with Crippen LogP contribution in [0.3, 0.4) is 0 Å². The van der Waals surface area contributed by atoms with E-state index in [1.807, 2.05) is 12.3 Å². The average molecular weight is 339 g/mol. The molecule has 25 heavy (non-hydrogen) atoms. The molecule has 0 amide bonds. The Balaban J connectivity index is 1.56. The lowest BCUT2D eigenvalue weighted by atomic mass is 10.1. The molecule has 7 heteroatoms. The summed E-state index contributed by atoms with van der Waals surface area (Å²) in [5.41, 5.74) is 8.32. The summed E-state index contributed by atoms with van der Waals surface area (Å²) in [6.45, 7) is 7.91. The molecular weight excluding hydrogens is 314 g/mol. The lowest BCUT2D eigenvalue weighted by Crippen LogP contribution is -2.23. The fourth-order valence-electron chi connectivity index (χ4n) is 3.48. The van der Waals surface area contributed by atoms with Crippen molar-refractivity contribution in [3.8, 4) is 0 Å². The molecule has 2 N–H and O–H groups in total. The molecule has 2 aromatic rings. The van der Waals surface area contributed by atoms with Crippen LogP contribution in [0.2, 0.25) is 0 Å². The van der Waals surface area contributed by atoms with Crippen LogP contribution < -0.4 is 15.5 Å². The summed E-state index contributed by atoms with van der Waals surface area (Å²) >= 11 is 0. The minimum absolute atomic E-state index is 0.523. The summed E-state index contributed by atoms with van der Waals surface area (Å²) in [5, 5.41) is 0. The van der Waals surface area contributed by atoms with Gasteiger partial charge in [0.2, 0.25) is 5.95 Å². The van der Waals surface area contributed by atoms with Crippen LogP contribution >= 0.6 is 0 Å². The predicted octanol–water partition coefficient (Wildman–Crippen LogP) is 2.17. The minimum Gasteiger partial charge on any atom is -0.383 e. The molecule has 2 aliphatic heterocycles. The van der Waals surface area contributed by atoms with Crippen molar-refractivity contribution < 1.29 is 0 Å². The van der Waals surface area contributed by atoms with E-state index >= 15 is 0 Å². The standard InChI is InChI=1S/C18H25N7/c1-12(2)7-16-20-9-13-10-25(11-14(13)21-16)17-8-15(19)22-18(23-17)24-5-3-4-6-24/h8-9,12H,3-7,10-11H2,1-2H3,(H2,19,22,23). The summed E-state index contributed by atoms with van der Waals surface area (Å²) in [5.74, 6) is 3.62. The van der Waals surface area contributed by atoms with Gasteiger partial charge in [-0.1, -0.05) is 13.8 Å². The van der Waals surface area contributed by atoms with Crippen LogP contribution in [0.25, 0.3) is 0 Å². The lowest BCUT2D eigenvalue weighted by molar-refractivity contribution is 0.617. The van der Waals surface area contributed by atoms with Crippen LogP contribution in [0.1, 0.15) is 43.8 Å². The van der Waals surface area contributed by atoms with Gasteiger partial charge in [-0.15, -0.1) is 0 Å². The van der Waals surface area contributed by atoms with Gasteiger partial charge in [0.05, 0.1) is 12.2 Å². The molecule has 132 valence electrons. The average Bonchev–Trinajstić information content (AvgIpc) is 3.23. The van der Waals surface area contributed by atoms with Gasteiger partial charge in [0, 0.05) is 43.9 Å². The first-order chi connectivity index (χ1) is 12.1. The van der Waals surface area contributed by atoms with E-state index in [2.05, 4.69) is 33.6 Å². The van der Waals surface area contributed by atoms with Crippen molar-refractivity contribution in [3.63, 3.8) is 0 Å². The summed E-state index contributed by atoms with van der Waals surface area (Å²) in [6.07, 6.45) is 5.26. The molecule has 0 unspecified atom stereocenters. The van der Waals surface area contributed by atoms with Gasteiger partial charge >= 0.3 is 0 Å². The quantitative estimate of drug-likeness (QED) is 0.914. The molecule has 0 aliphatic carbocycles. The molecule has 0 atom stereocenters. The SMILES string of the molecule is CC(C)Cc1ncc2c(n1)CN(c1cc(N)nc(N3CCCC3)n1)C2. The first-order valence-electron chi connectivity index (χ1n) is 9.06. The van der Waals surface area contributed by atoms with E-state index in [0.29, 0.717) is 11.7 Å². The normalized spacial score (nSPS) is 16.8. The van der Waals surface area contributed by atoms with Gasteiger partial charge in [-0.05, 0) is 18.8 Å². The number of fused-ring (bicyclic) bond motifs is 1. The Morgan fingerprint density at radius 3 is 2.64 bits per heavy atom. The molecule has 4 rings (SSSR count). The van der Waals surface area contributed by atoms with Crippen molar-refractivity contribution in [1.82, 2.24) is 19.9 Å². The molecule has 0 bridgehead atoms. The smallest absolute Gasteiger partial charge is 0.229 e. The fraction of sp³-hybridized carbons (Fsp3) is 0.556. The molecule has 1 saturated heterocycles. The zero-order chi connectivity index (χ0) is 17.4. The van der Waals surface area contributed by atoms with E-state index in [9.17, 15) is 0 Å². The maximum atomic E-state index is 6.05. The van der Waals surface area contributed by atoms with Gasteiger partial charge < -0.3 is 15.5 Å². The molecule has 0 saturated carbocycles. The molecule has 0 aromatic carbocycles. The highest BCUT2D eigenvalue weighted by molar-refractivity contribution is 5.54. The second kappa shape index (κ2) is 6.46. The van der Waals surface area contributed by atoms with Crippen molar-refractivity contribution in [2.24, 2.45) is 5.92 Å². The highest BCUT2D eigenvalue weighted by Crippen LogP contribution is 2.28. The third-order valence-corrected chi connectivity index (χ3v) is 4.73. The number of hydrogen-bond donors (Lipinski definition) is 1. The second-order valence-corrected chi connectivity index (χ2v) is 7.36. The van der Waals surface area contributed by atoms with Gasteiger partial charge in [-0.2, -0.15) is 9.97 Å². The van der Waals surface area contributed by atoms with Crippen molar-refractivity contribution >= 4 is 17.6 Å². The molecule has 0 radical (unpaired) electrons.